The number of nitrogens with zero attached hydrogens (tertiary/aromatic N) is 3. The van der Waals surface area contributed by atoms with Gasteiger partial charge >= 0.3 is 6.09 Å². The summed E-state index contributed by atoms with van der Waals surface area (Å²) in [6.07, 6.45) is 1.14. The molecule has 0 aliphatic rings. The molecular weight excluding hydrogens is 340 g/mol. The van der Waals surface area contributed by atoms with Crippen molar-refractivity contribution in [3.8, 4) is 16.8 Å². The van der Waals surface area contributed by atoms with Gasteiger partial charge in [-0.05, 0) is 76.1 Å². The number of carbonyl (C=O) groups is 1. The Hall–Kier alpha value is -3.15. The molecule has 0 aliphatic carbocycles. The van der Waals surface area contributed by atoms with Crippen LogP contribution in [-0.4, -0.2) is 26.5 Å². The van der Waals surface area contributed by atoms with E-state index in [1.165, 1.54) is 0 Å². The molecule has 0 bridgehead atoms. The zero-order chi connectivity index (χ0) is 19.6. The van der Waals surface area contributed by atoms with E-state index in [0.717, 1.165) is 28.2 Å². The molecule has 1 aromatic carbocycles. The summed E-state index contributed by atoms with van der Waals surface area (Å²) >= 11 is 0. The summed E-state index contributed by atoms with van der Waals surface area (Å²) < 4.78 is 7.19. The van der Waals surface area contributed by atoms with Crippen molar-refractivity contribution in [3.63, 3.8) is 0 Å². The molecule has 0 fully saturated rings. The SMILES string of the molecule is Cc1cc(C)n(-c2cccc(-c3ccnc(NC(=O)OC(C)(C)C)c3)c2)n1. The van der Waals surface area contributed by atoms with Crippen molar-refractivity contribution >= 4 is 11.9 Å². The predicted molar refractivity (Wildman–Crippen MR) is 106 cm³/mol. The Morgan fingerprint density at radius 2 is 1.81 bits per heavy atom. The van der Waals surface area contributed by atoms with Crippen LogP contribution < -0.4 is 5.32 Å². The average Bonchev–Trinajstić information content (AvgIpc) is 2.92. The molecule has 0 radical (unpaired) electrons. The van der Waals surface area contributed by atoms with Crippen LogP contribution in [0, 0.1) is 13.8 Å². The third kappa shape index (κ3) is 4.73. The van der Waals surface area contributed by atoms with Crippen molar-refractivity contribution in [3.05, 3.63) is 60.0 Å². The molecule has 3 rings (SSSR count). The van der Waals surface area contributed by atoms with E-state index in [1.54, 1.807) is 6.20 Å². The highest BCUT2D eigenvalue weighted by molar-refractivity contribution is 5.84. The fourth-order valence-electron chi connectivity index (χ4n) is 2.79. The van der Waals surface area contributed by atoms with Crippen molar-refractivity contribution in [2.45, 2.75) is 40.2 Å². The Morgan fingerprint density at radius 3 is 2.48 bits per heavy atom. The lowest BCUT2D eigenvalue weighted by Gasteiger charge is -2.19. The van der Waals surface area contributed by atoms with Crippen molar-refractivity contribution < 1.29 is 9.53 Å². The minimum atomic E-state index is -0.560. The third-order valence-corrected chi connectivity index (χ3v) is 3.82. The van der Waals surface area contributed by atoms with Crippen LogP contribution in [0.25, 0.3) is 16.8 Å². The van der Waals surface area contributed by atoms with E-state index in [0.29, 0.717) is 5.82 Å². The minimum absolute atomic E-state index is 0.443. The fourth-order valence-corrected chi connectivity index (χ4v) is 2.79. The van der Waals surface area contributed by atoms with Crippen LogP contribution in [0.4, 0.5) is 10.6 Å². The minimum Gasteiger partial charge on any atom is -0.444 e. The number of nitrogens with one attached hydrogen (secondary N) is 1. The molecule has 27 heavy (non-hydrogen) atoms. The van der Waals surface area contributed by atoms with Crippen LogP contribution in [0.15, 0.2) is 48.7 Å². The highest BCUT2D eigenvalue weighted by Gasteiger charge is 2.16. The van der Waals surface area contributed by atoms with Gasteiger partial charge < -0.3 is 4.74 Å². The van der Waals surface area contributed by atoms with E-state index in [-0.39, 0.29) is 0 Å². The Bertz CT molecular complexity index is 970. The van der Waals surface area contributed by atoms with Gasteiger partial charge in [0.2, 0.25) is 0 Å². The number of aromatic nitrogens is 3. The van der Waals surface area contributed by atoms with Gasteiger partial charge in [0.05, 0.1) is 11.4 Å². The van der Waals surface area contributed by atoms with Gasteiger partial charge in [-0.25, -0.2) is 14.5 Å². The first-order chi connectivity index (χ1) is 12.7. The first-order valence-corrected chi connectivity index (χ1v) is 8.81. The molecule has 3 aromatic rings. The molecule has 2 heterocycles. The fraction of sp³-hybridized carbons (Fsp3) is 0.286. The van der Waals surface area contributed by atoms with E-state index >= 15 is 0 Å². The molecule has 0 unspecified atom stereocenters. The van der Waals surface area contributed by atoms with Gasteiger partial charge in [0.1, 0.15) is 11.4 Å². The zero-order valence-corrected chi connectivity index (χ0v) is 16.3. The number of aryl methyl sites for hydroxylation is 2. The second-order valence-corrected chi connectivity index (χ2v) is 7.45. The molecule has 0 saturated heterocycles. The first kappa shape index (κ1) is 18.6. The maximum atomic E-state index is 12.0. The number of benzene rings is 1. The molecule has 0 spiro atoms. The molecule has 2 aromatic heterocycles. The number of hydrogen-bond acceptors (Lipinski definition) is 4. The molecule has 0 atom stereocenters. The molecule has 140 valence electrons. The van der Waals surface area contributed by atoms with Crippen LogP contribution in [-0.2, 0) is 4.74 Å². The standard InChI is InChI=1S/C21H24N4O2/c1-14-11-15(2)25(24-14)18-8-6-7-16(12-18)17-9-10-22-19(13-17)23-20(26)27-21(3,4)5/h6-13H,1-5H3,(H,22,23,26). The number of amides is 1. The summed E-state index contributed by atoms with van der Waals surface area (Å²) in [7, 11) is 0. The number of rotatable bonds is 3. The normalized spacial score (nSPS) is 11.3. The van der Waals surface area contributed by atoms with Crippen LogP contribution in [0.3, 0.4) is 0 Å². The summed E-state index contributed by atoms with van der Waals surface area (Å²) in [5.41, 5.74) is 4.43. The Morgan fingerprint density at radius 1 is 1.07 bits per heavy atom. The average molecular weight is 364 g/mol. The summed E-state index contributed by atoms with van der Waals surface area (Å²) in [4.78, 5) is 16.2. The van der Waals surface area contributed by atoms with E-state index in [9.17, 15) is 4.79 Å². The van der Waals surface area contributed by atoms with Crippen molar-refractivity contribution in [1.82, 2.24) is 14.8 Å². The van der Waals surface area contributed by atoms with Crippen LogP contribution in [0.1, 0.15) is 32.2 Å². The highest BCUT2D eigenvalue weighted by atomic mass is 16.6. The highest BCUT2D eigenvalue weighted by Crippen LogP contribution is 2.24. The number of carbonyl (C=O) groups excluding carboxylic acids is 1. The summed E-state index contributed by atoms with van der Waals surface area (Å²) in [5, 5.41) is 7.21. The van der Waals surface area contributed by atoms with Gasteiger partial charge in [0.25, 0.3) is 0 Å². The Balaban J connectivity index is 1.86. The molecule has 6 heteroatoms. The largest absolute Gasteiger partial charge is 0.444 e. The number of pyridine rings is 1. The van der Waals surface area contributed by atoms with Gasteiger partial charge in [0, 0.05) is 11.9 Å². The van der Waals surface area contributed by atoms with Crippen LogP contribution in [0.2, 0.25) is 0 Å². The molecule has 1 amide bonds. The number of hydrogen-bond donors (Lipinski definition) is 1. The molecular formula is C21H24N4O2. The lowest BCUT2D eigenvalue weighted by Crippen LogP contribution is -2.27. The Kier molecular flexibility index (Phi) is 4.99. The third-order valence-electron chi connectivity index (χ3n) is 3.82. The van der Waals surface area contributed by atoms with E-state index in [4.69, 9.17) is 4.74 Å². The summed E-state index contributed by atoms with van der Waals surface area (Å²) in [6.45, 7) is 9.47. The van der Waals surface area contributed by atoms with Gasteiger partial charge in [-0.15, -0.1) is 0 Å². The molecule has 1 N–H and O–H groups in total. The van der Waals surface area contributed by atoms with Gasteiger partial charge in [0.15, 0.2) is 0 Å². The smallest absolute Gasteiger partial charge is 0.413 e. The Labute approximate surface area is 159 Å². The van der Waals surface area contributed by atoms with Crippen LogP contribution in [0.5, 0.6) is 0 Å². The van der Waals surface area contributed by atoms with Crippen molar-refractivity contribution in [2.24, 2.45) is 0 Å². The second kappa shape index (κ2) is 7.23. The topological polar surface area (TPSA) is 69.0 Å². The molecule has 0 saturated carbocycles. The van der Waals surface area contributed by atoms with Gasteiger partial charge in [-0.1, -0.05) is 12.1 Å². The van der Waals surface area contributed by atoms with Gasteiger partial charge in [-0.2, -0.15) is 5.10 Å². The summed E-state index contributed by atoms with van der Waals surface area (Å²) in [5.74, 6) is 0.443. The lowest BCUT2D eigenvalue weighted by molar-refractivity contribution is 0.0635. The molecule has 6 nitrogen and oxygen atoms in total. The van der Waals surface area contributed by atoms with Gasteiger partial charge in [-0.3, -0.25) is 5.32 Å². The number of anilines is 1. The predicted octanol–water partition coefficient (Wildman–Crippen LogP) is 4.90. The number of ether oxygens (including phenoxy) is 1. The first-order valence-electron chi connectivity index (χ1n) is 8.81. The van der Waals surface area contributed by atoms with Crippen molar-refractivity contribution in [2.75, 3.05) is 5.32 Å². The van der Waals surface area contributed by atoms with E-state index in [2.05, 4.69) is 21.5 Å². The lowest BCUT2D eigenvalue weighted by atomic mass is 10.1. The second-order valence-electron chi connectivity index (χ2n) is 7.45. The maximum Gasteiger partial charge on any atom is 0.413 e. The monoisotopic (exact) mass is 364 g/mol. The summed E-state index contributed by atoms with van der Waals surface area (Å²) in [6, 6.07) is 13.9. The maximum absolute atomic E-state index is 12.0. The van der Waals surface area contributed by atoms with Crippen molar-refractivity contribution in [1.29, 1.82) is 0 Å². The molecule has 0 aliphatic heterocycles. The van der Waals surface area contributed by atoms with E-state index in [1.807, 2.05) is 75.7 Å². The van der Waals surface area contributed by atoms with E-state index < -0.39 is 11.7 Å². The van der Waals surface area contributed by atoms with Crippen LogP contribution >= 0.6 is 0 Å². The quantitative estimate of drug-likeness (QED) is 0.718. The zero-order valence-electron chi connectivity index (χ0n) is 16.3.